The van der Waals surface area contributed by atoms with Crippen molar-refractivity contribution in [1.82, 2.24) is 9.97 Å². The van der Waals surface area contributed by atoms with Crippen molar-refractivity contribution in [2.75, 3.05) is 0 Å². The highest BCUT2D eigenvalue weighted by Crippen LogP contribution is 2.26. The van der Waals surface area contributed by atoms with E-state index in [1.165, 1.54) is 29.7 Å². The van der Waals surface area contributed by atoms with Gasteiger partial charge in [0.15, 0.2) is 5.82 Å². The van der Waals surface area contributed by atoms with Crippen LogP contribution in [0.15, 0.2) is 24.3 Å². The Hall–Kier alpha value is -1.45. The van der Waals surface area contributed by atoms with Gasteiger partial charge in [0, 0.05) is 17.8 Å². The molecule has 1 aromatic heterocycles. The Balaban J connectivity index is 0.00000147. The Kier molecular flexibility index (Phi) is 4.73. The van der Waals surface area contributed by atoms with E-state index in [2.05, 4.69) is 19.1 Å². The lowest BCUT2D eigenvalue weighted by molar-refractivity contribution is 0.652. The monoisotopic (exact) mass is 289 g/mol. The highest BCUT2D eigenvalue weighted by molar-refractivity contribution is 5.85. The first-order valence-corrected chi connectivity index (χ1v) is 6.94. The van der Waals surface area contributed by atoms with E-state index in [-0.39, 0.29) is 12.4 Å². The molecular formula is C16H20ClN3. The van der Waals surface area contributed by atoms with Crippen molar-refractivity contribution in [2.24, 2.45) is 5.73 Å². The lowest BCUT2D eigenvalue weighted by Crippen LogP contribution is -2.15. The van der Waals surface area contributed by atoms with Gasteiger partial charge in [0.1, 0.15) is 0 Å². The molecule has 3 rings (SSSR count). The van der Waals surface area contributed by atoms with Crippen molar-refractivity contribution in [1.29, 1.82) is 0 Å². The molecule has 0 fully saturated rings. The first-order chi connectivity index (χ1) is 9.29. The van der Waals surface area contributed by atoms with Crippen LogP contribution in [0.4, 0.5) is 0 Å². The highest BCUT2D eigenvalue weighted by atomic mass is 35.5. The fraction of sp³-hybridized carbons (Fsp3) is 0.375. The van der Waals surface area contributed by atoms with Crippen LogP contribution in [-0.4, -0.2) is 9.97 Å². The van der Waals surface area contributed by atoms with Crippen molar-refractivity contribution in [2.45, 2.75) is 39.2 Å². The molecule has 0 radical (unpaired) electrons. The van der Waals surface area contributed by atoms with Gasteiger partial charge in [-0.3, -0.25) is 0 Å². The highest BCUT2D eigenvalue weighted by Gasteiger charge is 2.17. The number of benzene rings is 1. The molecule has 0 unspecified atom stereocenters. The number of fused-ring (bicyclic) bond motifs is 1. The molecule has 20 heavy (non-hydrogen) atoms. The Morgan fingerprint density at radius 2 is 1.85 bits per heavy atom. The third-order valence-corrected chi connectivity index (χ3v) is 3.85. The van der Waals surface area contributed by atoms with E-state index < -0.39 is 0 Å². The summed E-state index contributed by atoms with van der Waals surface area (Å²) in [7, 11) is 0. The zero-order valence-corrected chi connectivity index (χ0v) is 12.5. The number of rotatable bonds is 2. The van der Waals surface area contributed by atoms with Crippen LogP contribution in [0.2, 0.25) is 0 Å². The fourth-order valence-corrected chi connectivity index (χ4v) is 2.78. The molecule has 0 spiro atoms. The standard InChI is InChI=1S/C16H19N3.ClH/c1-11-6-2-3-7-12(11)16-18-14-9-5-4-8-13(14)15(10-17)19-16;/h2-3,6-7H,4-5,8-10,17H2,1H3;1H. The molecule has 0 amide bonds. The van der Waals surface area contributed by atoms with Gasteiger partial charge < -0.3 is 5.73 Å². The smallest absolute Gasteiger partial charge is 0.159 e. The van der Waals surface area contributed by atoms with Crippen molar-refractivity contribution in [3.63, 3.8) is 0 Å². The summed E-state index contributed by atoms with van der Waals surface area (Å²) in [6.45, 7) is 2.60. The predicted octanol–water partition coefficient (Wildman–Crippen LogP) is 3.21. The summed E-state index contributed by atoms with van der Waals surface area (Å²) in [4.78, 5) is 9.49. The first kappa shape index (κ1) is 14.9. The summed E-state index contributed by atoms with van der Waals surface area (Å²) in [5.74, 6) is 0.833. The lowest BCUT2D eigenvalue weighted by Gasteiger charge is -2.19. The molecule has 0 saturated heterocycles. The largest absolute Gasteiger partial charge is 0.325 e. The molecule has 0 aliphatic heterocycles. The Labute approximate surface area is 126 Å². The van der Waals surface area contributed by atoms with E-state index in [4.69, 9.17) is 15.7 Å². The van der Waals surface area contributed by atoms with Crippen molar-refractivity contribution >= 4 is 12.4 Å². The molecule has 2 aromatic rings. The van der Waals surface area contributed by atoms with Crippen molar-refractivity contribution in [3.8, 4) is 11.4 Å². The number of halogens is 1. The molecule has 0 atom stereocenters. The second kappa shape index (κ2) is 6.33. The van der Waals surface area contributed by atoms with Gasteiger partial charge in [0.2, 0.25) is 0 Å². The number of nitrogens with zero attached hydrogens (tertiary/aromatic N) is 2. The molecule has 4 heteroatoms. The van der Waals surface area contributed by atoms with Gasteiger partial charge >= 0.3 is 0 Å². The van der Waals surface area contributed by atoms with E-state index in [1.54, 1.807) is 0 Å². The second-order valence-corrected chi connectivity index (χ2v) is 5.15. The molecule has 3 nitrogen and oxygen atoms in total. The van der Waals surface area contributed by atoms with Crippen LogP contribution in [0.25, 0.3) is 11.4 Å². The predicted molar refractivity (Wildman–Crippen MR) is 84.0 cm³/mol. The normalized spacial score (nSPS) is 13.5. The summed E-state index contributed by atoms with van der Waals surface area (Å²) in [5, 5.41) is 0. The van der Waals surface area contributed by atoms with Crippen LogP contribution in [0, 0.1) is 6.92 Å². The number of nitrogens with two attached hydrogens (primary N) is 1. The molecule has 1 aromatic carbocycles. The van der Waals surface area contributed by atoms with Crippen LogP contribution >= 0.6 is 12.4 Å². The minimum atomic E-state index is 0. The Morgan fingerprint density at radius 3 is 2.60 bits per heavy atom. The zero-order chi connectivity index (χ0) is 13.2. The Bertz CT molecular complexity index is 593. The fourth-order valence-electron chi connectivity index (χ4n) is 2.78. The molecule has 0 saturated carbocycles. The van der Waals surface area contributed by atoms with Crippen LogP contribution in [0.3, 0.4) is 0 Å². The summed E-state index contributed by atoms with van der Waals surface area (Å²) in [6, 6.07) is 8.26. The maximum atomic E-state index is 5.87. The summed E-state index contributed by atoms with van der Waals surface area (Å²) >= 11 is 0. The minimum Gasteiger partial charge on any atom is -0.325 e. The van der Waals surface area contributed by atoms with Gasteiger partial charge in [-0.2, -0.15) is 0 Å². The molecular weight excluding hydrogens is 270 g/mol. The molecule has 1 aliphatic rings. The van der Waals surface area contributed by atoms with E-state index in [1.807, 2.05) is 12.1 Å². The minimum absolute atomic E-state index is 0. The maximum Gasteiger partial charge on any atom is 0.159 e. The van der Waals surface area contributed by atoms with E-state index in [0.717, 1.165) is 29.9 Å². The summed E-state index contributed by atoms with van der Waals surface area (Å²) in [6.07, 6.45) is 4.59. The molecule has 1 aliphatic carbocycles. The van der Waals surface area contributed by atoms with Gasteiger partial charge in [0.05, 0.1) is 5.69 Å². The van der Waals surface area contributed by atoms with Crippen LogP contribution in [0.5, 0.6) is 0 Å². The number of hydrogen-bond donors (Lipinski definition) is 1. The van der Waals surface area contributed by atoms with Gasteiger partial charge in [-0.05, 0) is 43.7 Å². The average Bonchev–Trinajstić information content (AvgIpc) is 2.46. The first-order valence-electron chi connectivity index (χ1n) is 6.94. The summed E-state index contributed by atoms with van der Waals surface area (Å²) < 4.78 is 0. The van der Waals surface area contributed by atoms with Gasteiger partial charge in [-0.15, -0.1) is 12.4 Å². The third-order valence-electron chi connectivity index (χ3n) is 3.85. The number of aryl methyl sites for hydroxylation is 2. The van der Waals surface area contributed by atoms with E-state index >= 15 is 0 Å². The van der Waals surface area contributed by atoms with Crippen molar-refractivity contribution in [3.05, 3.63) is 46.8 Å². The van der Waals surface area contributed by atoms with E-state index in [9.17, 15) is 0 Å². The Morgan fingerprint density at radius 1 is 1.10 bits per heavy atom. The van der Waals surface area contributed by atoms with Gasteiger partial charge in [0.25, 0.3) is 0 Å². The van der Waals surface area contributed by atoms with Crippen LogP contribution in [0.1, 0.15) is 35.4 Å². The average molecular weight is 290 g/mol. The van der Waals surface area contributed by atoms with Crippen LogP contribution in [-0.2, 0) is 19.4 Å². The number of aromatic nitrogens is 2. The SMILES string of the molecule is Cc1ccccc1-c1nc(CN)c2c(n1)CCCC2.Cl. The maximum absolute atomic E-state index is 5.87. The van der Waals surface area contributed by atoms with E-state index in [0.29, 0.717) is 6.54 Å². The zero-order valence-electron chi connectivity index (χ0n) is 11.7. The quantitative estimate of drug-likeness (QED) is 0.923. The lowest BCUT2D eigenvalue weighted by atomic mass is 9.94. The molecule has 1 heterocycles. The van der Waals surface area contributed by atoms with Gasteiger partial charge in [-0.1, -0.05) is 24.3 Å². The third kappa shape index (κ3) is 2.69. The topological polar surface area (TPSA) is 51.8 Å². The van der Waals surface area contributed by atoms with Gasteiger partial charge in [-0.25, -0.2) is 9.97 Å². The molecule has 0 bridgehead atoms. The van der Waals surface area contributed by atoms with Crippen LogP contribution < -0.4 is 5.73 Å². The molecule has 2 N–H and O–H groups in total. The second-order valence-electron chi connectivity index (χ2n) is 5.15. The summed E-state index contributed by atoms with van der Waals surface area (Å²) in [5.41, 5.74) is 11.7. The molecule has 106 valence electrons. The number of hydrogen-bond acceptors (Lipinski definition) is 3. The van der Waals surface area contributed by atoms with Crippen molar-refractivity contribution < 1.29 is 0 Å².